The van der Waals surface area contributed by atoms with Crippen LogP contribution in [-0.2, 0) is 6.54 Å². The van der Waals surface area contributed by atoms with E-state index in [9.17, 15) is 4.79 Å². The van der Waals surface area contributed by atoms with Gasteiger partial charge in [0, 0.05) is 6.54 Å². The molecule has 82 valence electrons. The smallest absolute Gasteiger partial charge is 0.267 e. The van der Waals surface area contributed by atoms with E-state index in [0.29, 0.717) is 10.4 Å². The summed E-state index contributed by atoms with van der Waals surface area (Å²) in [5, 5.41) is 0. The van der Waals surface area contributed by atoms with Crippen LogP contribution in [0.4, 0.5) is 0 Å². The molecule has 0 N–H and O–H groups in total. The van der Waals surface area contributed by atoms with Crippen molar-refractivity contribution in [3.8, 4) is 0 Å². The van der Waals surface area contributed by atoms with E-state index in [2.05, 4.69) is 20.9 Å². The van der Waals surface area contributed by atoms with Gasteiger partial charge in [0.05, 0.1) is 12.0 Å². The average molecular weight is 271 g/mol. The van der Waals surface area contributed by atoms with Gasteiger partial charge in [-0.25, -0.2) is 4.98 Å². The molecule has 0 bridgehead atoms. The first-order chi connectivity index (χ1) is 7.09. The number of hydrogen-bond donors (Lipinski definition) is 0. The zero-order valence-electron chi connectivity index (χ0n) is 9.03. The van der Waals surface area contributed by atoms with Gasteiger partial charge < -0.3 is 0 Å². The molecule has 0 atom stereocenters. The molecule has 1 saturated carbocycles. The maximum Gasteiger partial charge on any atom is 0.267 e. The topological polar surface area (TPSA) is 34.9 Å². The zero-order chi connectivity index (χ0) is 11.0. The minimum atomic E-state index is 0.0561. The fourth-order valence-corrected chi connectivity index (χ4v) is 2.38. The lowest BCUT2D eigenvalue weighted by molar-refractivity contribution is 0.585. The number of nitrogens with zero attached hydrogens (tertiary/aromatic N) is 2. The molecule has 1 aliphatic carbocycles. The molecule has 1 fully saturated rings. The third kappa shape index (κ3) is 2.30. The van der Waals surface area contributed by atoms with Gasteiger partial charge in [0.2, 0.25) is 0 Å². The van der Waals surface area contributed by atoms with E-state index in [1.807, 2.05) is 13.8 Å². The van der Waals surface area contributed by atoms with Crippen molar-refractivity contribution < 1.29 is 0 Å². The average Bonchev–Trinajstić information content (AvgIpc) is 2.96. The predicted molar refractivity (Wildman–Crippen MR) is 63.0 cm³/mol. The van der Waals surface area contributed by atoms with E-state index in [1.165, 1.54) is 12.8 Å². The molecule has 0 saturated heterocycles. The number of hydrogen-bond acceptors (Lipinski definition) is 2. The van der Waals surface area contributed by atoms with E-state index in [-0.39, 0.29) is 11.5 Å². The van der Waals surface area contributed by atoms with E-state index < -0.39 is 0 Å². The van der Waals surface area contributed by atoms with Crippen LogP contribution in [0.25, 0.3) is 0 Å². The number of rotatable bonds is 3. The number of halogens is 1. The Hall–Kier alpha value is -0.640. The van der Waals surface area contributed by atoms with Gasteiger partial charge in [-0.1, -0.05) is 13.8 Å². The predicted octanol–water partition coefficient (Wildman–Crippen LogP) is 2.54. The summed E-state index contributed by atoms with van der Waals surface area (Å²) in [6.07, 6.45) is 4.17. The monoisotopic (exact) mass is 270 g/mol. The lowest BCUT2D eigenvalue weighted by atomic mass is 10.1. The van der Waals surface area contributed by atoms with Gasteiger partial charge in [-0.05, 0) is 40.6 Å². The molecule has 0 aromatic carbocycles. The Morgan fingerprint density at radius 3 is 2.80 bits per heavy atom. The largest absolute Gasteiger partial charge is 0.298 e. The quantitative estimate of drug-likeness (QED) is 0.846. The molecular weight excluding hydrogens is 256 g/mol. The van der Waals surface area contributed by atoms with Gasteiger partial charge in [-0.2, -0.15) is 0 Å². The minimum Gasteiger partial charge on any atom is -0.298 e. The van der Waals surface area contributed by atoms with Crippen LogP contribution >= 0.6 is 15.9 Å². The van der Waals surface area contributed by atoms with Crippen LogP contribution < -0.4 is 5.56 Å². The summed E-state index contributed by atoms with van der Waals surface area (Å²) in [5.74, 6) is 0.976. The van der Waals surface area contributed by atoms with Crippen molar-refractivity contribution in [2.75, 3.05) is 0 Å². The molecule has 0 radical (unpaired) electrons. The molecule has 1 aliphatic rings. The van der Waals surface area contributed by atoms with Crippen LogP contribution in [0.1, 0.15) is 38.3 Å². The molecular formula is C11H15BrN2O. The first-order valence-corrected chi connectivity index (χ1v) is 6.13. The summed E-state index contributed by atoms with van der Waals surface area (Å²) >= 11 is 3.35. The van der Waals surface area contributed by atoms with Crippen molar-refractivity contribution in [1.29, 1.82) is 0 Å². The number of aromatic nitrogens is 2. The summed E-state index contributed by atoms with van der Waals surface area (Å²) in [6, 6.07) is 0. The van der Waals surface area contributed by atoms with E-state index in [0.717, 1.165) is 12.2 Å². The van der Waals surface area contributed by atoms with Gasteiger partial charge in [0.1, 0.15) is 4.47 Å². The molecule has 0 spiro atoms. The Bertz CT molecular complexity index is 421. The maximum absolute atomic E-state index is 11.9. The van der Waals surface area contributed by atoms with Crippen LogP contribution in [0.15, 0.2) is 15.6 Å². The van der Waals surface area contributed by atoms with E-state index >= 15 is 0 Å². The molecule has 2 rings (SSSR count). The molecule has 0 amide bonds. The lowest BCUT2D eigenvalue weighted by Gasteiger charge is -2.10. The van der Waals surface area contributed by atoms with E-state index in [4.69, 9.17) is 0 Å². The van der Waals surface area contributed by atoms with Gasteiger partial charge >= 0.3 is 0 Å². The molecule has 0 aliphatic heterocycles. The van der Waals surface area contributed by atoms with Crippen LogP contribution in [0.3, 0.4) is 0 Å². The highest BCUT2D eigenvalue weighted by molar-refractivity contribution is 9.10. The van der Waals surface area contributed by atoms with Crippen LogP contribution in [0, 0.1) is 5.92 Å². The second-order valence-electron chi connectivity index (χ2n) is 4.50. The fraction of sp³-hybridized carbons (Fsp3) is 0.636. The summed E-state index contributed by atoms with van der Waals surface area (Å²) in [6.45, 7) is 4.90. The standard InChI is InChI=1S/C11H15BrN2O/c1-7(2)10-9(12)11(15)14(6-13-10)5-8-3-4-8/h6-8H,3-5H2,1-2H3. The SMILES string of the molecule is CC(C)c1ncn(CC2CC2)c(=O)c1Br. The van der Waals surface area contributed by atoms with Gasteiger partial charge in [-0.15, -0.1) is 0 Å². The lowest BCUT2D eigenvalue weighted by Crippen LogP contribution is -2.24. The van der Waals surface area contributed by atoms with Crippen LogP contribution in [0.2, 0.25) is 0 Å². The molecule has 0 unspecified atom stereocenters. The summed E-state index contributed by atoms with van der Waals surface area (Å²) in [5.41, 5.74) is 0.910. The van der Waals surface area contributed by atoms with E-state index in [1.54, 1.807) is 10.9 Å². The summed E-state index contributed by atoms with van der Waals surface area (Å²) < 4.78 is 2.34. The Morgan fingerprint density at radius 1 is 1.60 bits per heavy atom. The normalized spacial score (nSPS) is 16.0. The van der Waals surface area contributed by atoms with Crippen LogP contribution in [0.5, 0.6) is 0 Å². The van der Waals surface area contributed by atoms with Gasteiger partial charge in [0.25, 0.3) is 5.56 Å². The second kappa shape index (κ2) is 4.08. The van der Waals surface area contributed by atoms with Crippen molar-refractivity contribution in [1.82, 2.24) is 9.55 Å². The molecule has 1 aromatic heterocycles. The Balaban J connectivity index is 2.34. The molecule has 15 heavy (non-hydrogen) atoms. The maximum atomic E-state index is 11.9. The first-order valence-electron chi connectivity index (χ1n) is 5.34. The molecule has 1 aromatic rings. The third-order valence-corrected chi connectivity index (χ3v) is 3.45. The Labute approximate surface area is 97.7 Å². The molecule has 1 heterocycles. The highest BCUT2D eigenvalue weighted by Crippen LogP contribution is 2.30. The molecule has 3 nitrogen and oxygen atoms in total. The third-order valence-electron chi connectivity index (χ3n) is 2.71. The van der Waals surface area contributed by atoms with Crippen molar-refractivity contribution >= 4 is 15.9 Å². The Kier molecular flexibility index (Phi) is 2.96. The van der Waals surface area contributed by atoms with Crippen molar-refractivity contribution in [3.05, 3.63) is 26.8 Å². The van der Waals surface area contributed by atoms with Gasteiger partial charge in [-0.3, -0.25) is 9.36 Å². The van der Waals surface area contributed by atoms with Gasteiger partial charge in [0.15, 0.2) is 0 Å². The summed E-state index contributed by atoms with van der Waals surface area (Å²) in [4.78, 5) is 16.3. The molecule has 4 heteroatoms. The first kappa shape index (κ1) is 10.9. The highest BCUT2D eigenvalue weighted by Gasteiger charge is 2.23. The van der Waals surface area contributed by atoms with Crippen molar-refractivity contribution in [2.24, 2.45) is 5.92 Å². The fourth-order valence-electron chi connectivity index (χ4n) is 1.59. The van der Waals surface area contributed by atoms with Crippen molar-refractivity contribution in [2.45, 2.75) is 39.2 Å². The highest BCUT2D eigenvalue weighted by atomic mass is 79.9. The van der Waals surface area contributed by atoms with Crippen molar-refractivity contribution in [3.63, 3.8) is 0 Å². The second-order valence-corrected chi connectivity index (χ2v) is 5.29. The van der Waals surface area contributed by atoms with Crippen LogP contribution in [-0.4, -0.2) is 9.55 Å². The minimum absolute atomic E-state index is 0.0561. The Morgan fingerprint density at radius 2 is 2.27 bits per heavy atom. The summed E-state index contributed by atoms with van der Waals surface area (Å²) in [7, 11) is 0. The zero-order valence-corrected chi connectivity index (χ0v) is 10.6.